The number of nitrogens with one attached hydrogen (secondary N) is 1. The minimum absolute atomic E-state index is 0.206. The van der Waals surface area contributed by atoms with Gasteiger partial charge in [-0.1, -0.05) is 12.1 Å². The highest BCUT2D eigenvalue weighted by Crippen LogP contribution is 2.25. The first-order valence-electron chi connectivity index (χ1n) is 4.21. The summed E-state index contributed by atoms with van der Waals surface area (Å²) in [6, 6.07) is 5.40. The van der Waals surface area contributed by atoms with Gasteiger partial charge < -0.3 is 15.8 Å². The van der Waals surface area contributed by atoms with Gasteiger partial charge in [0.25, 0.3) is 0 Å². The van der Waals surface area contributed by atoms with E-state index in [1.165, 1.54) is 0 Å². The van der Waals surface area contributed by atoms with Gasteiger partial charge >= 0.3 is 5.97 Å². The van der Waals surface area contributed by atoms with E-state index in [0.29, 0.717) is 11.2 Å². The zero-order valence-electron chi connectivity index (χ0n) is 7.66. The van der Waals surface area contributed by atoms with Crippen molar-refractivity contribution in [1.29, 1.82) is 0 Å². The summed E-state index contributed by atoms with van der Waals surface area (Å²) in [6.07, 6.45) is 0. The van der Waals surface area contributed by atoms with Crippen LogP contribution >= 0.6 is 0 Å². The van der Waals surface area contributed by atoms with Crippen molar-refractivity contribution in [2.24, 2.45) is 0 Å². The van der Waals surface area contributed by atoms with Gasteiger partial charge in [0.05, 0.1) is 11.2 Å². The highest BCUT2D eigenvalue weighted by atomic mass is 16.4. The summed E-state index contributed by atoms with van der Waals surface area (Å²) >= 11 is 0. The van der Waals surface area contributed by atoms with E-state index in [2.05, 4.69) is 4.98 Å². The molecule has 0 saturated heterocycles. The molecule has 2 rings (SSSR count). The molecule has 0 fully saturated rings. The van der Waals surface area contributed by atoms with E-state index in [1.807, 2.05) is 12.1 Å². The topological polar surface area (TPSA) is 79.1 Å². The molecule has 0 aliphatic carbocycles. The van der Waals surface area contributed by atoms with Gasteiger partial charge in [-0.25, -0.2) is 4.79 Å². The molecule has 1 aromatic carbocycles. The Morgan fingerprint density at radius 1 is 1.50 bits per heavy atom. The van der Waals surface area contributed by atoms with Crippen LogP contribution in [0.2, 0.25) is 0 Å². The van der Waals surface area contributed by atoms with Crippen LogP contribution in [0.25, 0.3) is 10.9 Å². The molecule has 0 radical (unpaired) electrons. The van der Waals surface area contributed by atoms with E-state index in [4.69, 9.17) is 10.8 Å². The number of H-pyrrole nitrogens is 1. The molecule has 0 bridgehead atoms. The molecular formula is C10H10N2O2. The molecule has 1 aromatic heterocycles. The third-order valence-electron chi connectivity index (χ3n) is 2.34. The molecule has 14 heavy (non-hydrogen) atoms. The zero-order valence-corrected chi connectivity index (χ0v) is 7.66. The summed E-state index contributed by atoms with van der Waals surface area (Å²) in [5, 5.41) is 9.75. The molecule has 0 aliphatic rings. The van der Waals surface area contributed by atoms with Crippen LogP contribution in [0.4, 0.5) is 5.69 Å². The highest BCUT2D eigenvalue weighted by Gasteiger charge is 2.13. The van der Waals surface area contributed by atoms with E-state index in [1.54, 1.807) is 13.0 Å². The van der Waals surface area contributed by atoms with Crippen LogP contribution in [0.3, 0.4) is 0 Å². The number of anilines is 1. The minimum atomic E-state index is -0.960. The summed E-state index contributed by atoms with van der Waals surface area (Å²) in [5.41, 5.74) is 7.91. The average Bonchev–Trinajstić information content (AvgIpc) is 2.46. The van der Waals surface area contributed by atoms with Crippen molar-refractivity contribution in [3.8, 4) is 0 Å². The van der Waals surface area contributed by atoms with E-state index >= 15 is 0 Å². The van der Waals surface area contributed by atoms with Crippen LogP contribution in [0.15, 0.2) is 18.2 Å². The van der Waals surface area contributed by atoms with E-state index < -0.39 is 5.97 Å². The Kier molecular flexibility index (Phi) is 1.70. The average molecular weight is 190 g/mol. The Morgan fingerprint density at radius 3 is 2.79 bits per heavy atom. The molecule has 0 unspecified atom stereocenters. The van der Waals surface area contributed by atoms with Gasteiger partial charge in [0.15, 0.2) is 0 Å². The zero-order chi connectivity index (χ0) is 10.3. The Hall–Kier alpha value is -1.97. The van der Waals surface area contributed by atoms with Crippen LogP contribution in [-0.2, 0) is 0 Å². The predicted molar refractivity (Wildman–Crippen MR) is 54.4 cm³/mol. The molecule has 0 amide bonds. The number of aromatic nitrogens is 1. The fraction of sp³-hybridized carbons (Fsp3) is 0.100. The van der Waals surface area contributed by atoms with Crippen molar-refractivity contribution in [2.45, 2.75) is 6.92 Å². The number of hydrogen-bond donors (Lipinski definition) is 3. The molecule has 0 aliphatic heterocycles. The lowest BCUT2D eigenvalue weighted by atomic mass is 10.1. The molecule has 4 nitrogen and oxygen atoms in total. The number of carboxylic acids is 1. The SMILES string of the molecule is Cc1c(C(=O)O)[nH]c2c(N)cccc12. The van der Waals surface area contributed by atoms with E-state index in [0.717, 1.165) is 10.9 Å². The Balaban J connectivity index is 2.86. The largest absolute Gasteiger partial charge is 0.477 e. The molecule has 2 aromatic rings. The first-order valence-corrected chi connectivity index (χ1v) is 4.21. The van der Waals surface area contributed by atoms with Crippen LogP contribution in [0, 0.1) is 6.92 Å². The maximum Gasteiger partial charge on any atom is 0.352 e. The van der Waals surface area contributed by atoms with Gasteiger partial charge in [-0.3, -0.25) is 0 Å². The number of carboxylic acid groups (broad SMARTS) is 1. The van der Waals surface area contributed by atoms with Gasteiger partial charge in [0, 0.05) is 5.39 Å². The van der Waals surface area contributed by atoms with Crippen molar-refractivity contribution in [3.63, 3.8) is 0 Å². The second kappa shape index (κ2) is 2.77. The van der Waals surface area contributed by atoms with Crippen LogP contribution in [-0.4, -0.2) is 16.1 Å². The first kappa shape index (κ1) is 8.62. The van der Waals surface area contributed by atoms with Crippen LogP contribution < -0.4 is 5.73 Å². The Labute approximate surface area is 80.3 Å². The number of hydrogen-bond acceptors (Lipinski definition) is 2. The Morgan fingerprint density at radius 2 is 2.21 bits per heavy atom. The maximum absolute atomic E-state index is 10.8. The summed E-state index contributed by atoms with van der Waals surface area (Å²) < 4.78 is 0. The summed E-state index contributed by atoms with van der Waals surface area (Å²) in [4.78, 5) is 13.6. The van der Waals surface area contributed by atoms with Crippen LogP contribution in [0.1, 0.15) is 16.1 Å². The monoisotopic (exact) mass is 190 g/mol. The summed E-state index contributed by atoms with van der Waals surface area (Å²) in [6.45, 7) is 1.77. The number of nitrogens with two attached hydrogens (primary N) is 1. The number of benzene rings is 1. The number of fused-ring (bicyclic) bond motifs is 1. The van der Waals surface area contributed by atoms with Gasteiger partial charge in [0.2, 0.25) is 0 Å². The number of aromatic carboxylic acids is 1. The number of rotatable bonds is 1. The second-order valence-corrected chi connectivity index (χ2v) is 3.20. The van der Waals surface area contributed by atoms with Gasteiger partial charge in [-0.2, -0.15) is 0 Å². The third kappa shape index (κ3) is 1.04. The number of para-hydroxylation sites is 1. The van der Waals surface area contributed by atoms with E-state index in [-0.39, 0.29) is 5.69 Å². The standard InChI is InChI=1S/C10H10N2O2/c1-5-6-3-2-4-7(11)9(6)12-8(5)10(13)14/h2-4,12H,11H2,1H3,(H,13,14). The molecule has 0 spiro atoms. The number of carbonyl (C=O) groups is 1. The van der Waals surface area contributed by atoms with Crippen molar-refractivity contribution in [3.05, 3.63) is 29.5 Å². The number of aryl methyl sites for hydroxylation is 1. The predicted octanol–water partition coefficient (Wildman–Crippen LogP) is 1.76. The number of nitrogen functional groups attached to an aromatic ring is 1. The molecular weight excluding hydrogens is 180 g/mol. The van der Waals surface area contributed by atoms with Crippen molar-refractivity contribution in [1.82, 2.24) is 4.98 Å². The second-order valence-electron chi connectivity index (χ2n) is 3.20. The highest BCUT2D eigenvalue weighted by molar-refractivity contribution is 6.00. The van der Waals surface area contributed by atoms with Crippen molar-refractivity contribution < 1.29 is 9.90 Å². The molecule has 4 heteroatoms. The lowest BCUT2D eigenvalue weighted by molar-refractivity contribution is 0.0691. The molecule has 72 valence electrons. The fourth-order valence-corrected chi connectivity index (χ4v) is 1.59. The van der Waals surface area contributed by atoms with Gasteiger partial charge in [-0.05, 0) is 18.6 Å². The lowest BCUT2D eigenvalue weighted by Gasteiger charge is -1.94. The smallest absolute Gasteiger partial charge is 0.352 e. The molecule has 1 heterocycles. The van der Waals surface area contributed by atoms with Crippen molar-refractivity contribution in [2.75, 3.05) is 5.73 Å². The fourth-order valence-electron chi connectivity index (χ4n) is 1.59. The molecule has 0 saturated carbocycles. The third-order valence-corrected chi connectivity index (χ3v) is 2.34. The summed E-state index contributed by atoms with van der Waals surface area (Å²) in [5.74, 6) is -0.960. The first-order chi connectivity index (χ1) is 6.61. The van der Waals surface area contributed by atoms with Gasteiger partial charge in [-0.15, -0.1) is 0 Å². The molecule has 0 atom stereocenters. The quantitative estimate of drug-likeness (QED) is 0.599. The van der Waals surface area contributed by atoms with E-state index in [9.17, 15) is 4.79 Å². The summed E-state index contributed by atoms with van der Waals surface area (Å²) in [7, 11) is 0. The maximum atomic E-state index is 10.8. The Bertz CT molecular complexity index is 514. The normalized spacial score (nSPS) is 10.6. The minimum Gasteiger partial charge on any atom is -0.477 e. The lowest BCUT2D eigenvalue weighted by Crippen LogP contribution is -1.98. The van der Waals surface area contributed by atoms with Crippen molar-refractivity contribution >= 4 is 22.6 Å². The van der Waals surface area contributed by atoms with Gasteiger partial charge in [0.1, 0.15) is 5.69 Å². The van der Waals surface area contributed by atoms with Crippen LogP contribution in [0.5, 0.6) is 0 Å². The number of aromatic amines is 1. The molecule has 4 N–H and O–H groups in total.